The van der Waals surface area contributed by atoms with Gasteiger partial charge in [0.2, 0.25) is 5.88 Å². The lowest BCUT2D eigenvalue weighted by molar-refractivity contribution is -0.274. The molecule has 2 heterocycles. The van der Waals surface area contributed by atoms with Crippen molar-refractivity contribution in [3.8, 4) is 34.2 Å². The molecule has 170 valence electrons. The van der Waals surface area contributed by atoms with Crippen molar-refractivity contribution in [1.82, 2.24) is 9.55 Å². The smallest absolute Gasteiger partial charge is 0.497 e. The average Bonchev–Trinajstić information content (AvgIpc) is 2.78. The quantitative estimate of drug-likeness (QED) is 0.374. The Morgan fingerprint density at radius 3 is 2.18 bits per heavy atom. The van der Waals surface area contributed by atoms with E-state index in [-0.39, 0.29) is 22.8 Å². The maximum absolute atomic E-state index is 13.6. The highest BCUT2D eigenvalue weighted by Gasteiger charge is 2.31. The van der Waals surface area contributed by atoms with Gasteiger partial charge < -0.3 is 14.2 Å². The Morgan fingerprint density at radius 2 is 1.58 bits per heavy atom. The normalized spacial score (nSPS) is 11.5. The summed E-state index contributed by atoms with van der Waals surface area (Å²) in [5, 5.41) is 0.889. The van der Waals surface area contributed by atoms with Gasteiger partial charge >= 0.3 is 6.36 Å². The molecule has 2 aromatic carbocycles. The monoisotopic (exact) mass is 476 g/mol. The minimum absolute atomic E-state index is 0.261. The number of ether oxygens (including phenoxy) is 3. The van der Waals surface area contributed by atoms with Gasteiger partial charge in [0.1, 0.15) is 11.5 Å². The number of halogens is 4. The predicted octanol–water partition coefficient (Wildman–Crippen LogP) is 5.62. The summed E-state index contributed by atoms with van der Waals surface area (Å²) in [6.07, 6.45) is -4.83. The van der Waals surface area contributed by atoms with E-state index in [4.69, 9.17) is 21.1 Å². The van der Waals surface area contributed by atoms with Crippen LogP contribution in [-0.4, -0.2) is 30.1 Å². The van der Waals surface area contributed by atoms with E-state index < -0.39 is 17.7 Å². The molecular formula is C23H16ClF3N2O4. The molecule has 2 aromatic heterocycles. The fourth-order valence-electron chi connectivity index (χ4n) is 3.35. The van der Waals surface area contributed by atoms with Crippen LogP contribution in [0.25, 0.3) is 27.8 Å². The Labute approximate surface area is 190 Å². The molecule has 0 amide bonds. The largest absolute Gasteiger partial charge is 0.573 e. The maximum Gasteiger partial charge on any atom is 0.573 e. The molecular weight excluding hydrogens is 461 g/mol. The van der Waals surface area contributed by atoms with E-state index in [0.29, 0.717) is 21.7 Å². The van der Waals surface area contributed by atoms with Crippen molar-refractivity contribution >= 4 is 22.6 Å². The molecule has 0 radical (unpaired) electrons. The second-order valence-electron chi connectivity index (χ2n) is 6.85. The van der Waals surface area contributed by atoms with Crippen molar-refractivity contribution < 1.29 is 27.4 Å². The second-order valence-corrected chi connectivity index (χ2v) is 7.26. The van der Waals surface area contributed by atoms with Crippen LogP contribution in [-0.2, 0) is 0 Å². The first kappa shape index (κ1) is 22.5. The number of methoxy groups -OCH3 is 2. The number of alkyl halides is 3. The Kier molecular flexibility index (Phi) is 5.90. The number of aromatic nitrogens is 2. The van der Waals surface area contributed by atoms with E-state index in [0.717, 1.165) is 12.1 Å². The van der Waals surface area contributed by atoms with Gasteiger partial charge in [-0.2, -0.15) is 4.98 Å². The van der Waals surface area contributed by atoms with Crippen molar-refractivity contribution in [3.63, 3.8) is 0 Å². The van der Waals surface area contributed by atoms with E-state index in [9.17, 15) is 18.0 Å². The van der Waals surface area contributed by atoms with Crippen LogP contribution in [0.2, 0.25) is 5.02 Å². The minimum atomic E-state index is -4.83. The number of benzene rings is 2. The Morgan fingerprint density at radius 1 is 0.879 bits per heavy atom. The molecule has 0 saturated heterocycles. The Hall–Kier alpha value is -3.72. The molecule has 0 N–H and O–H groups in total. The highest BCUT2D eigenvalue weighted by atomic mass is 35.5. The molecule has 0 aliphatic rings. The molecule has 0 atom stereocenters. The molecule has 4 aromatic rings. The molecule has 0 saturated carbocycles. The van der Waals surface area contributed by atoms with Crippen LogP contribution in [0.4, 0.5) is 13.2 Å². The van der Waals surface area contributed by atoms with E-state index in [1.165, 1.54) is 30.9 Å². The fourth-order valence-corrected chi connectivity index (χ4v) is 3.62. The Bertz CT molecular complexity index is 1390. The molecule has 0 spiro atoms. The van der Waals surface area contributed by atoms with E-state index >= 15 is 0 Å². The summed E-state index contributed by atoms with van der Waals surface area (Å²) in [6.45, 7) is 0. The third-order valence-electron chi connectivity index (χ3n) is 4.83. The molecule has 33 heavy (non-hydrogen) atoms. The summed E-state index contributed by atoms with van der Waals surface area (Å²) in [4.78, 5) is 18.0. The lowest BCUT2D eigenvalue weighted by Gasteiger charge is -2.15. The summed E-state index contributed by atoms with van der Waals surface area (Å²) in [7, 11) is 2.94. The van der Waals surface area contributed by atoms with Crippen molar-refractivity contribution in [3.05, 3.63) is 76.0 Å². The molecule has 6 nitrogen and oxygen atoms in total. The number of pyridine rings is 2. The van der Waals surface area contributed by atoms with Gasteiger partial charge in [-0.3, -0.25) is 9.36 Å². The van der Waals surface area contributed by atoms with Crippen LogP contribution in [0.5, 0.6) is 17.4 Å². The lowest BCUT2D eigenvalue weighted by Crippen LogP contribution is -2.22. The summed E-state index contributed by atoms with van der Waals surface area (Å²) in [5.74, 6) is 0.378. The first-order valence-corrected chi connectivity index (χ1v) is 9.89. The van der Waals surface area contributed by atoms with E-state index in [1.807, 2.05) is 0 Å². The highest BCUT2D eigenvalue weighted by Crippen LogP contribution is 2.32. The summed E-state index contributed by atoms with van der Waals surface area (Å²) in [5.41, 5.74) is 0.812. The van der Waals surface area contributed by atoms with Crippen LogP contribution in [0.15, 0.2) is 65.5 Å². The summed E-state index contributed by atoms with van der Waals surface area (Å²) < 4.78 is 53.1. The predicted molar refractivity (Wildman–Crippen MR) is 118 cm³/mol. The fraction of sp³-hybridized carbons (Fsp3) is 0.130. The Balaban J connectivity index is 1.95. The number of nitrogens with zero attached hydrogens (tertiary/aromatic N) is 2. The van der Waals surface area contributed by atoms with Crippen LogP contribution >= 0.6 is 11.6 Å². The molecule has 0 aliphatic heterocycles. The summed E-state index contributed by atoms with van der Waals surface area (Å²) >= 11 is 6.41. The SMILES string of the molecule is COc1ccc(-c2cc3ccc(OC)nc3n(-c3ccc(OC(F)(F)F)cc3)c2=O)c(Cl)c1. The van der Waals surface area contributed by atoms with E-state index in [1.54, 1.807) is 36.4 Å². The van der Waals surface area contributed by atoms with Gasteiger partial charge in [-0.25, -0.2) is 0 Å². The molecule has 10 heteroatoms. The number of hydrogen-bond acceptors (Lipinski definition) is 5. The average molecular weight is 477 g/mol. The van der Waals surface area contributed by atoms with Gasteiger partial charge in [-0.15, -0.1) is 13.2 Å². The number of hydrogen-bond donors (Lipinski definition) is 0. The topological polar surface area (TPSA) is 62.6 Å². The third kappa shape index (κ3) is 4.58. The molecule has 0 aliphatic carbocycles. The molecule has 0 bridgehead atoms. The van der Waals surface area contributed by atoms with E-state index in [2.05, 4.69) is 9.72 Å². The van der Waals surface area contributed by atoms with Crippen LogP contribution in [0.1, 0.15) is 0 Å². The van der Waals surface area contributed by atoms with Crippen LogP contribution in [0.3, 0.4) is 0 Å². The number of fused-ring (bicyclic) bond motifs is 1. The second kappa shape index (κ2) is 8.67. The third-order valence-corrected chi connectivity index (χ3v) is 5.14. The van der Waals surface area contributed by atoms with Crippen LogP contribution in [0, 0.1) is 0 Å². The standard InChI is InChI=1S/C23H16ClF3N2O4/c1-31-16-8-9-17(19(24)12-16)18-11-13-3-10-20(32-2)28-21(13)29(22(18)30)14-4-6-15(7-5-14)33-23(25,26)27/h3-12H,1-2H3. The lowest BCUT2D eigenvalue weighted by atomic mass is 10.0. The van der Waals surface area contributed by atoms with Gasteiger partial charge in [0.25, 0.3) is 5.56 Å². The zero-order valence-corrected chi connectivity index (χ0v) is 18.1. The van der Waals surface area contributed by atoms with Crippen molar-refractivity contribution in [2.45, 2.75) is 6.36 Å². The van der Waals surface area contributed by atoms with Gasteiger partial charge in [0.15, 0.2) is 5.65 Å². The zero-order valence-electron chi connectivity index (χ0n) is 17.3. The van der Waals surface area contributed by atoms with Crippen molar-refractivity contribution in [1.29, 1.82) is 0 Å². The molecule has 0 fully saturated rings. The van der Waals surface area contributed by atoms with Crippen molar-refractivity contribution in [2.24, 2.45) is 0 Å². The van der Waals surface area contributed by atoms with Gasteiger partial charge in [-0.05, 0) is 54.6 Å². The first-order valence-electron chi connectivity index (χ1n) is 9.51. The van der Waals surface area contributed by atoms with Gasteiger partial charge in [0, 0.05) is 22.6 Å². The van der Waals surface area contributed by atoms with Crippen molar-refractivity contribution in [2.75, 3.05) is 14.2 Å². The minimum Gasteiger partial charge on any atom is -0.497 e. The molecule has 4 rings (SSSR count). The van der Waals surface area contributed by atoms with Gasteiger partial charge in [0.05, 0.1) is 24.9 Å². The first-order chi connectivity index (χ1) is 15.7. The maximum atomic E-state index is 13.6. The molecule has 0 unspecified atom stereocenters. The van der Waals surface area contributed by atoms with Gasteiger partial charge in [-0.1, -0.05) is 11.6 Å². The van der Waals surface area contributed by atoms with Crippen LogP contribution < -0.4 is 19.8 Å². The number of rotatable bonds is 5. The zero-order chi connectivity index (χ0) is 23.8. The highest BCUT2D eigenvalue weighted by molar-refractivity contribution is 6.33. The summed E-state index contributed by atoms with van der Waals surface area (Å²) in [6, 6.07) is 14.8.